The van der Waals surface area contributed by atoms with Crippen LogP contribution >= 0.6 is 0 Å². The molecule has 0 radical (unpaired) electrons. The van der Waals surface area contributed by atoms with Crippen molar-refractivity contribution in [3.63, 3.8) is 0 Å². The van der Waals surface area contributed by atoms with Gasteiger partial charge in [-0.05, 0) is 46.1 Å². The summed E-state index contributed by atoms with van der Waals surface area (Å²) in [7, 11) is 0. The van der Waals surface area contributed by atoms with Gasteiger partial charge in [-0.1, -0.05) is 29.8 Å². The van der Waals surface area contributed by atoms with Gasteiger partial charge in [0.15, 0.2) is 6.23 Å². The molecule has 0 spiro atoms. The molecule has 26 heavy (non-hydrogen) atoms. The summed E-state index contributed by atoms with van der Waals surface area (Å²) in [5, 5.41) is 3.39. The minimum absolute atomic E-state index is 0.0387. The second kappa shape index (κ2) is 7.70. The zero-order valence-corrected chi connectivity index (χ0v) is 16.2. The van der Waals surface area contributed by atoms with Crippen molar-refractivity contribution in [2.24, 2.45) is 5.92 Å². The SMILES string of the molecule is Cc1ccc(CNC2C=C(C3CCCN(C(=O)OC(C)(C)C)C3)O2)cc1. The van der Waals surface area contributed by atoms with Crippen LogP contribution in [-0.2, 0) is 16.0 Å². The van der Waals surface area contributed by atoms with Crippen molar-refractivity contribution in [2.75, 3.05) is 13.1 Å². The third-order valence-electron chi connectivity index (χ3n) is 4.68. The molecule has 1 N–H and O–H groups in total. The van der Waals surface area contributed by atoms with E-state index < -0.39 is 5.60 Å². The Morgan fingerprint density at radius 1 is 1.31 bits per heavy atom. The number of likely N-dealkylation sites (tertiary alicyclic amines) is 1. The van der Waals surface area contributed by atoms with Gasteiger partial charge in [-0.25, -0.2) is 4.79 Å². The molecule has 0 aliphatic carbocycles. The molecule has 2 atom stereocenters. The Morgan fingerprint density at radius 3 is 2.65 bits per heavy atom. The first-order valence-electron chi connectivity index (χ1n) is 9.45. The lowest BCUT2D eigenvalue weighted by molar-refractivity contribution is 0.00456. The highest BCUT2D eigenvalue weighted by Gasteiger charge is 2.33. The number of piperidine rings is 1. The van der Waals surface area contributed by atoms with E-state index in [1.807, 2.05) is 20.8 Å². The van der Waals surface area contributed by atoms with Crippen LogP contribution in [0.15, 0.2) is 36.1 Å². The topological polar surface area (TPSA) is 50.8 Å². The van der Waals surface area contributed by atoms with Crippen LogP contribution in [0.1, 0.15) is 44.7 Å². The first kappa shape index (κ1) is 18.8. The molecule has 1 amide bonds. The normalized spacial score (nSPS) is 22.9. The second-order valence-corrected chi connectivity index (χ2v) is 8.24. The molecule has 1 aromatic carbocycles. The van der Waals surface area contributed by atoms with Gasteiger partial charge in [0.05, 0.1) is 0 Å². The van der Waals surface area contributed by atoms with Gasteiger partial charge in [0.25, 0.3) is 0 Å². The number of benzene rings is 1. The number of amides is 1. The van der Waals surface area contributed by atoms with E-state index in [0.717, 1.165) is 31.7 Å². The van der Waals surface area contributed by atoms with Crippen LogP contribution < -0.4 is 5.32 Å². The summed E-state index contributed by atoms with van der Waals surface area (Å²) >= 11 is 0. The standard InChI is InChI=1S/C21H30N2O3/c1-15-7-9-16(10-8-15)13-22-19-12-18(25-19)17-6-5-11-23(14-17)20(24)26-21(2,3)4/h7-10,12,17,19,22H,5-6,11,13-14H2,1-4H3. The number of carbonyl (C=O) groups excluding carboxylic acids is 1. The summed E-state index contributed by atoms with van der Waals surface area (Å²) in [6, 6.07) is 8.50. The van der Waals surface area contributed by atoms with Crippen molar-refractivity contribution in [1.82, 2.24) is 10.2 Å². The van der Waals surface area contributed by atoms with Gasteiger partial charge in [0, 0.05) is 31.6 Å². The predicted octanol–water partition coefficient (Wildman–Crippen LogP) is 3.97. The Balaban J connectivity index is 1.47. The number of hydrogen-bond acceptors (Lipinski definition) is 4. The van der Waals surface area contributed by atoms with E-state index in [1.165, 1.54) is 11.1 Å². The maximum Gasteiger partial charge on any atom is 0.410 e. The molecule has 2 unspecified atom stereocenters. The zero-order valence-electron chi connectivity index (χ0n) is 16.2. The number of nitrogens with zero attached hydrogens (tertiary/aromatic N) is 1. The number of rotatable bonds is 4. The minimum atomic E-state index is -0.457. The van der Waals surface area contributed by atoms with Gasteiger partial charge in [0.2, 0.25) is 0 Å². The maximum absolute atomic E-state index is 12.3. The van der Waals surface area contributed by atoms with Crippen LogP contribution in [0.5, 0.6) is 0 Å². The first-order valence-corrected chi connectivity index (χ1v) is 9.45. The molecule has 142 valence electrons. The van der Waals surface area contributed by atoms with E-state index in [0.29, 0.717) is 6.54 Å². The Labute approximate surface area is 156 Å². The van der Waals surface area contributed by atoms with Gasteiger partial charge in [0.1, 0.15) is 11.4 Å². The van der Waals surface area contributed by atoms with Gasteiger partial charge >= 0.3 is 6.09 Å². The fourth-order valence-electron chi connectivity index (χ4n) is 3.26. The van der Waals surface area contributed by atoms with Gasteiger partial charge < -0.3 is 14.4 Å². The molecule has 1 aromatic rings. The average Bonchev–Trinajstić information content (AvgIpc) is 2.54. The Morgan fingerprint density at radius 2 is 2.00 bits per heavy atom. The van der Waals surface area contributed by atoms with Gasteiger partial charge in [-0.3, -0.25) is 5.32 Å². The number of ether oxygens (including phenoxy) is 2. The van der Waals surface area contributed by atoms with E-state index in [4.69, 9.17) is 9.47 Å². The highest BCUT2D eigenvalue weighted by Crippen LogP contribution is 2.31. The molecule has 5 nitrogen and oxygen atoms in total. The van der Waals surface area contributed by atoms with Crippen molar-refractivity contribution >= 4 is 6.09 Å². The number of hydrogen-bond donors (Lipinski definition) is 1. The van der Waals surface area contributed by atoms with Crippen LogP contribution in [0.4, 0.5) is 4.79 Å². The molecule has 2 aliphatic rings. The molecular weight excluding hydrogens is 328 g/mol. The summed E-state index contributed by atoms with van der Waals surface area (Å²) in [4.78, 5) is 14.1. The summed E-state index contributed by atoms with van der Waals surface area (Å²) in [5.41, 5.74) is 2.05. The lowest BCUT2D eigenvalue weighted by Gasteiger charge is -2.38. The molecule has 0 saturated carbocycles. The summed E-state index contributed by atoms with van der Waals surface area (Å²) in [6.07, 6.45) is 3.90. The van der Waals surface area contributed by atoms with E-state index >= 15 is 0 Å². The van der Waals surface area contributed by atoms with Gasteiger partial charge in [-0.15, -0.1) is 0 Å². The van der Waals surface area contributed by atoms with E-state index in [1.54, 1.807) is 4.90 Å². The van der Waals surface area contributed by atoms with Crippen molar-refractivity contribution in [3.8, 4) is 0 Å². The van der Waals surface area contributed by atoms with Crippen LogP contribution in [0, 0.1) is 12.8 Å². The Bertz CT molecular complexity index is 661. The largest absolute Gasteiger partial charge is 0.476 e. The summed E-state index contributed by atoms with van der Waals surface area (Å²) in [6.45, 7) is 9.99. The molecule has 3 rings (SSSR count). The molecule has 0 bridgehead atoms. The molecule has 2 heterocycles. The first-order chi connectivity index (χ1) is 12.3. The molecular formula is C21H30N2O3. The zero-order chi connectivity index (χ0) is 18.7. The quantitative estimate of drug-likeness (QED) is 0.885. The number of carbonyl (C=O) groups is 1. The maximum atomic E-state index is 12.3. The lowest BCUT2D eigenvalue weighted by atomic mass is 9.94. The fourth-order valence-corrected chi connectivity index (χ4v) is 3.26. The minimum Gasteiger partial charge on any atom is -0.476 e. The van der Waals surface area contributed by atoms with Crippen LogP contribution in [-0.4, -0.2) is 35.9 Å². The number of nitrogens with one attached hydrogen (secondary N) is 1. The highest BCUT2D eigenvalue weighted by atomic mass is 16.6. The molecule has 1 fully saturated rings. The van der Waals surface area contributed by atoms with Gasteiger partial charge in [-0.2, -0.15) is 0 Å². The smallest absolute Gasteiger partial charge is 0.410 e. The Kier molecular flexibility index (Phi) is 5.56. The highest BCUT2D eigenvalue weighted by molar-refractivity contribution is 5.68. The third kappa shape index (κ3) is 5.01. The van der Waals surface area contributed by atoms with Crippen molar-refractivity contribution in [3.05, 3.63) is 47.2 Å². The van der Waals surface area contributed by atoms with E-state index in [2.05, 4.69) is 42.6 Å². The van der Waals surface area contributed by atoms with Crippen molar-refractivity contribution in [2.45, 2.75) is 58.9 Å². The third-order valence-corrected chi connectivity index (χ3v) is 4.68. The average molecular weight is 358 g/mol. The predicted molar refractivity (Wildman–Crippen MR) is 102 cm³/mol. The molecule has 1 saturated heterocycles. The van der Waals surface area contributed by atoms with Crippen LogP contribution in [0.3, 0.4) is 0 Å². The lowest BCUT2D eigenvalue weighted by Crippen LogP contribution is -2.46. The van der Waals surface area contributed by atoms with Crippen molar-refractivity contribution in [1.29, 1.82) is 0 Å². The van der Waals surface area contributed by atoms with Crippen LogP contribution in [0.25, 0.3) is 0 Å². The second-order valence-electron chi connectivity index (χ2n) is 8.24. The summed E-state index contributed by atoms with van der Waals surface area (Å²) in [5.74, 6) is 1.27. The molecule has 2 aliphatic heterocycles. The molecule has 5 heteroatoms. The molecule has 0 aromatic heterocycles. The van der Waals surface area contributed by atoms with Crippen molar-refractivity contribution < 1.29 is 14.3 Å². The number of aryl methyl sites for hydroxylation is 1. The Hall–Kier alpha value is -2.01. The summed E-state index contributed by atoms with van der Waals surface area (Å²) < 4.78 is 11.4. The monoisotopic (exact) mass is 358 g/mol. The van der Waals surface area contributed by atoms with Crippen LogP contribution in [0.2, 0.25) is 0 Å². The van der Waals surface area contributed by atoms with E-state index in [9.17, 15) is 4.79 Å². The van der Waals surface area contributed by atoms with E-state index in [-0.39, 0.29) is 18.2 Å². The fraction of sp³-hybridized carbons (Fsp3) is 0.571.